The second kappa shape index (κ2) is 3.99. The highest BCUT2D eigenvalue weighted by atomic mass is 27.1. The van der Waals surface area contributed by atoms with Crippen molar-refractivity contribution < 1.29 is 13.2 Å². The number of aromatic nitrogens is 2. The van der Waals surface area contributed by atoms with Crippen LogP contribution in [-0.4, -0.2) is 25.3 Å². The molecular formula is C8H10AlF3N2O. The van der Waals surface area contributed by atoms with E-state index in [1.807, 2.05) is 0 Å². The molecule has 0 aliphatic carbocycles. The number of rotatable bonds is 1. The third-order valence-corrected chi connectivity index (χ3v) is 2.76. The van der Waals surface area contributed by atoms with Crippen LogP contribution in [-0.2, 0) is 12.6 Å². The average Bonchev–Trinajstić information content (AvgIpc) is 2.08. The molecule has 7 heteroatoms. The number of alkyl halides is 3. The molecule has 1 heterocycles. The van der Waals surface area contributed by atoms with Gasteiger partial charge < -0.3 is 3.67 Å². The van der Waals surface area contributed by atoms with Crippen LogP contribution in [0.1, 0.15) is 23.7 Å². The molecule has 0 spiro atoms. The lowest BCUT2D eigenvalue weighted by molar-refractivity contribution is -0.139. The van der Waals surface area contributed by atoms with Crippen molar-refractivity contribution in [2.75, 3.05) is 0 Å². The van der Waals surface area contributed by atoms with Gasteiger partial charge in [0.1, 0.15) is 0 Å². The molecule has 0 atom stereocenters. The number of hydrogen-bond acceptors (Lipinski definition) is 2. The van der Waals surface area contributed by atoms with E-state index in [0.29, 0.717) is 0 Å². The fourth-order valence-electron chi connectivity index (χ4n) is 1.55. The molecule has 0 saturated heterocycles. The van der Waals surface area contributed by atoms with Gasteiger partial charge in [-0.05, 0) is 13.3 Å². The molecule has 0 radical (unpaired) electrons. The molecule has 0 saturated carbocycles. The van der Waals surface area contributed by atoms with Crippen LogP contribution in [0.2, 0.25) is 0 Å². The molecule has 0 aliphatic rings. The van der Waals surface area contributed by atoms with Crippen molar-refractivity contribution in [2.24, 2.45) is 0 Å². The minimum Gasteiger partial charge on any atom is -0.337 e. The SMILES string of the molecule is CCc1c(C(F)(F)F)c(C)n[n]([AlH2])c1=O. The standard InChI is InChI=1S/C8H9F3N2O.Al.2H/c1-3-5-6(8(9,10)11)4(2)12-13-7(5)14;;;/h3H2,1-2H3,(H,13,14);;;/q;+1;;/p-1. The van der Waals surface area contributed by atoms with E-state index >= 15 is 0 Å². The second-order valence-electron chi connectivity index (χ2n) is 3.22. The van der Waals surface area contributed by atoms with Crippen molar-refractivity contribution in [3.05, 3.63) is 27.2 Å². The van der Waals surface area contributed by atoms with E-state index in [9.17, 15) is 18.0 Å². The summed E-state index contributed by atoms with van der Waals surface area (Å²) in [4.78, 5) is 11.5. The second-order valence-corrected chi connectivity index (χ2v) is 4.07. The Kier molecular flexibility index (Phi) is 3.26. The lowest BCUT2D eigenvalue weighted by Gasteiger charge is -2.14. The Balaban J connectivity index is 3.65. The average molecular weight is 234 g/mol. The Labute approximate surface area is 92.5 Å². The van der Waals surface area contributed by atoms with Crippen molar-refractivity contribution >= 4 is 16.5 Å². The molecule has 15 heavy (non-hydrogen) atoms. The third kappa shape index (κ3) is 2.24. The van der Waals surface area contributed by atoms with Crippen molar-refractivity contribution in [1.82, 2.24) is 8.76 Å². The fourth-order valence-corrected chi connectivity index (χ4v) is 2.12. The largest absolute Gasteiger partial charge is 0.418 e. The minimum atomic E-state index is -4.50. The van der Waals surface area contributed by atoms with E-state index < -0.39 is 17.3 Å². The highest BCUT2D eigenvalue weighted by Gasteiger charge is 2.36. The van der Waals surface area contributed by atoms with Crippen molar-refractivity contribution in [1.29, 1.82) is 0 Å². The van der Waals surface area contributed by atoms with Gasteiger partial charge in [0.25, 0.3) is 0 Å². The molecule has 1 rings (SSSR count). The van der Waals surface area contributed by atoms with Gasteiger partial charge in [-0.15, -0.1) is 0 Å². The highest BCUT2D eigenvalue weighted by Crippen LogP contribution is 2.32. The molecule has 0 bridgehead atoms. The monoisotopic (exact) mass is 234 g/mol. The maximum atomic E-state index is 12.6. The van der Waals surface area contributed by atoms with E-state index in [1.54, 1.807) is 0 Å². The van der Waals surface area contributed by atoms with Gasteiger partial charge >= 0.3 is 22.7 Å². The van der Waals surface area contributed by atoms with E-state index in [0.717, 1.165) is 3.67 Å². The summed E-state index contributed by atoms with van der Waals surface area (Å²) in [5, 5.41) is 3.59. The van der Waals surface area contributed by atoms with Crippen LogP contribution < -0.4 is 5.56 Å². The van der Waals surface area contributed by atoms with Crippen molar-refractivity contribution in [3.63, 3.8) is 0 Å². The lowest BCUT2D eigenvalue weighted by Crippen LogP contribution is -2.30. The summed E-state index contributed by atoms with van der Waals surface area (Å²) in [6.07, 6.45) is -4.43. The van der Waals surface area contributed by atoms with Gasteiger partial charge in [-0.1, -0.05) is 6.92 Å². The quantitative estimate of drug-likeness (QED) is 0.664. The summed E-state index contributed by atoms with van der Waals surface area (Å²) in [5.41, 5.74) is -1.82. The summed E-state index contributed by atoms with van der Waals surface area (Å²) >= 11 is 0.288. The predicted octanol–water partition coefficient (Wildman–Crippen LogP) is 0.529. The van der Waals surface area contributed by atoms with Crippen LogP contribution in [0.3, 0.4) is 0 Å². The molecule has 0 fully saturated rings. The van der Waals surface area contributed by atoms with Crippen molar-refractivity contribution in [3.8, 4) is 0 Å². The van der Waals surface area contributed by atoms with Crippen molar-refractivity contribution in [2.45, 2.75) is 26.4 Å². The van der Waals surface area contributed by atoms with Crippen LogP contribution in [0, 0.1) is 6.92 Å². The Morgan fingerprint density at radius 1 is 1.47 bits per heavy atom. The molecule has 0 N–H and O–H groups in total. The topological polar surface area (TPSA) is 34.9 Å². The Morgan fingerprint density at radius 3 is 2.40 bits per heavy atom. The Morgan fingerprint density at radius 2 is 2.00 bits per heavy atom. The number of hydrogen-bond donors (Lipinski definition) is 0. The first-order valence-electron chi connectivity index (χ1n) is 4.43. The van der Waals surface area contributed by atoms with Crippen LogP contribution in [0.25, 0.3) is 0 Å². The molecule has 0 aromatic carbocycles. The maximum absolute atomic E-state index is 12.6. The van der Waals surface area contributed by atoms with E-state index in [1.165, 1.54) is 13.8 Å². The first-order chi connectivity index (χ1) is 6.79. The molecule has 82 valence electrons. The van der Waals surface area contributed by atoms with E-state index in [4.69, 9.17) is 0 Å². The fraction of sp³-hybridized carbons (Fsp3) is 0.500. The Bertz CT molecular complexity index is 439. The molecule has 0 amide bonds. The number of aryl methyl sites for hydroxylation is 1. The van der Waals surface area contributed by atoms with Crippen LogP contribution in [0.5, 0.6) is 0 Å². The third-order valence-electron chi connectivity index (χ3n) is 2.15. The normalized spacial score (nSPS) is 11.8. The summed E-state index contributed by atoms with van der Waals surface area (Å²) in [6, 6.07) is 0. The van der Waals surface area contributed by atoms with Gasteiger partial charge in [-0.25, -0.2) is 5.10 Å². The smallest absolute Gasteiger partial charge is 0.337 e. The molecule has 1 aromatic rings. The molecule has 0 unspecified atom stereocenters. The van der Waals surface area contributed by atoms with Crippen LogP contribution in [0.15, 0.2) is 4.79 Å². The summed E-state index contributed by atoms with van der Waals surface area (Å²) < 4.78 is 39.0. The van der Waals surface area contributed by atoms with Gasteiger partial charge in [-0.3, -0.25) is 4.79 Å². The van der Waals surface area contributed by atoms with Gasteiger partial charge in [-0.2, -0.15) is 13.2 Å². The highest BCUT2D eigenvalue weighted by molar-refractivity contribution is 6.05. The van der Waals surface area contributed by atoms with E-state index in [-0.39, 0.29) is 34.2 Å². The first kappa shape index (κ1) is 12.3. The lowest BCUT2D eigenvalue weighted by atomic mass is 10.1. The van der Waals surface area contributed by atoms with Gasteiger partial charge in [0.2, 0.25) is 5.56 Å². The molecule has 0 aliphatic heterocycles. The maximum Gasteiger partial charge on any atom is 0.418 e. The zero-order valence-electron chi connectivity index (χ0n) is 8.64. The number of halogens is 3. The molecule has 1 aromatic heterocycles. The first-order valence-corrected chi connectivity index (χ1v) is 5.32. The van der Waals surface area contributed by atoms with Gasteiger partial charge in [0.15, 0.2) is 0 Å². The van der Waals surface area contributed by atoms with Gasteiger partial charge in [0.05, 0.1) is 11.3 Å². The minimum absolute atomic E-state index is 0.0687. The zero-order chi connectivity index (χ0) is 11.8. The van der Waals surface area contributed by atoms with Crippen LogP contribution in [0.4, 0.5) is 13.2 Å². The predicted molar refractivity (Wildman–Crippen MR) is 51.6 cm³/mol. The molecule has 3 nitrogen and oxygen atoms in total. The zero-order valence-corrected chi connectivity index (χ0v) is 10.6. The van der Waals surface area contributed by atoms with Crippen LogP contribution >= 0.6 is 0 Å². The number of nitrogens with zero attached hydrogens (tertiary/aromatic N) is 2. The summed E-state index contributed by atoms with van der Waals surface area (Å²) in [7, 11) is 0. The Hall–Kier alpha value is -0.798. The van der Waals surface area contributed by atoms with Gasteiger partial charge in [0, 0.05) is 5.56 Å². The molecular weight excluding hydrogens is 224 g/mol. The summed E-state index contributed by atoms with van der Waals surface area (Å²) in [5.74, 6) is 0. The van der Waals surface area contributed by atoms with E-state index in [2.05, 4.69) is 5.10 Å². The summed E-state index contributed by atoms with van der Waals surface area (Å²) in [6.45, 7) is 2.81.